The molecule has 4 rings (SSSR count). The SMILES string of the molecule is COc1ccc(-c2ccc(Cn3cc(OC=O)c(=O)c4cccc(F)c43)cc2)cc1. The van der Waals surface area contributed by atoms with E-state index in [1.54, 1.807) is 11.7 Å². The Labute approximate surface area is 171 Å². The molecule has 4 aromatic rings. The van der Waals surface area contributed by atoms with Crippen LogP contribution < -0.4 is 14.9 Å². The Balaban J connectivity index is 1.70. The molecule has 0 atom stereocenters. The Kier molecular flexibility index (Phi) is 5.30. The molecule has 0 saturated heterocycles. The van der Waals surface area contributed by atoms with Crippen molar-refractivity contribution in [1.82, 2.24) is 4.57 Å². The summed E-state index contributed by atoms with van der Waals surface area (Å²) in [4.78, 5) is 23.2. The minimum absolute atomic E-state index is 0.141. The molecule has 3 aromatic carbocycles. The van der Waals surface area contributed by atoms with Gasteiger partial charge in [-0.3, -0.25) is 9.59 Å². The van der Waals surface area contributed by atoms with Crippen molar-refractivity contribution >= 4 is 17.4 Å². The summed E-state index contributed by atoms with van der Waals surface area (Å²) in [5, 5.41) is 0.157. The maximum Gasteiger partial charge on any atom is 0.298 e. The maximum absolute atomic E-state index is 14.5. The molecule has 1 heterocycles. The second-order valence-electron chi connectivity index (χ2n) is 6.73. The quantitative estimate of drug-likeness (QED) is 0.448. The van der Waals surface area contributed by atoms with Crippen molar-refractivity contribution in [2.24, 2.45) is 0 Å². The van der Waals surface area contributed by atoms with Crippen molar-refractivity contribution in [3.8, 4) is 22.6 Å². The zero-order valence-corrected chi connectivity index (χ0v) is 16.2. The summed E-state index contributed by atoms with van der Waals surface area (Å²) >= 11 is 0. The molecule has 0 aliphatic rings. The van der Waals surface area contributed by atoms with E-state index in [1.165, 1.54) is 24.4 Å². The van der Waals surface area contributed by atoms with E-state index in [0.717, 1.165) is 22.4 Å². The van der Waals surface area contributed by atoms with E-state index in [2.05, 4.69) is 0 Å². The van der Waals surface area contributed by atoms with Gasteiger partial charge in [-0.05, 0) is 41.0 Å². The lowest BCUT2D eigenvalue weighted by Gasteiger charge is -2.14. The van der Waals surface area contributed by atoms with Crippen LogP contribution >= 0.6 is 0 Å². The smallest absolute Gasteiger partial charge is 0.298 e. The van der Waals surface area contributed by atoms with Crippen LogP contribution in [0.5, 0.6) is 11.5 Å². The van der Waals surface area contributed by atoms with Crippen molar-refractivity contribution in [1.29, 1.82) is 0 Å². The van der Waals surface area contributed by atoms with Gasteiger partial charge in [0.2, 0.25) is 5.43 Å². The van der Waals surface area contributed by atoms with Crippen LogP contribution in [0.1, 0.15) is 5.56 Å². The molecular formula is C24H18FNO4. The highest BCUT2D eigenvalue weighted by molar-refractivity contribution is 5.81. The van der Waals surface area contributed by atoms with Crippen LogP contribution in [0.2, 0.25) is 0 Å². The lowest BCUT2D eigenvalue weighted by atomic mass is 10.0. The zero-order chi connectivity index (χ0) is 21.1. The highest BCUT2D eigenvalue weighted by atomic mass is 19.1. The third-order valence-corrected chi connectivity index (χ3v) is 4.92. The first-order valence-corrected chi connectivity index (χ1v) is 9.26. The molecule has 0 N–H and O–H groups in total. The Morgan fingerprint density at radius 2 is 1.63 bits per heavy atom. The van der Waals surface area contributed by atoms with Gasteiger partial charge in [0.1, 0.15) is 11.6 Å². The number of aromatic nitrogens is 1. The van der Waals surface area contributed by atoms with Crippen LogP contribution in [0.25, 0.3) is 22.0 Å². The van der Waals surface area contributed by atoms with Crippen molar-refractivity contribution < 1.29 is 18.7 Å². The zero-order valence-electron chi connectivity index (χ0n) is 16.2. The molecule has 30 heavy (non-hydrogen) atoms. The first kappa shape index (κ1) is 19.4. The van der Waals surface area contributed by atoms with Crippen LogP contribution in [0, 0.1) is 5.82 Å². The Hall–Kier alpha value is -3.93. The van der Waals surface area contributed by atoms with E-state index in [0.29, 0.717) is 6.54 Å². The number of carbonyl (C=O) groups excluding carboxylic acids is 1. The van der Waals surface area contributed by atoms with Gasteiger partial charge in [0, 0.05) is 6.54 Å². The lowest BCUT2D eigenvalue weighted by Crippen LogP contribution is -2.14. The standard InChI is InChI=1S/C24H18FNO4/c1-29-19-11-9-18(10-12-19)17-7-5-16(6-8-17)13-26-14-22(30-15-27)24(28)20-3-2-4-21(25)23(20)26/h2-12,14-15H,13H2,1H3. The van der Waals surface area contributed by atoms with Crippen molar-refractivity contribution in [3.05, 3.63) is 94.5 Å². The van der Waals surface area contributed by atoms with Gasteiger partial charge < -0.3 is 14.0 Å². The van der Waals surface area contributed by atoms with Crippen molar-refractivity contribution in [2.45, 2.75) is 6.54 Å². The summed E-state index contributed by atoms with van der Waals surface area (Å²) in [6.07, 6.45) is 1.36. The number of hydrogen-bond donors (Lipinski definition) is 0. The first-order valence-electron chi connectivity index (χ1n) is 9.26. The normalized spacial score (nSPS) is 10.7. The Morgan fingerprint density at radius 3 is 2.27 bits per heavy atom. The number of para-hydroxylation sites is 1. The molecule has 0 saturated carbocycles. The average Bonchev–Trinajstić information content (AvgIpc) is 2.77. The van der Waals surface area contributed by atoms with E-state index < -0.39 is 11.2 Å². The predicted molar refractivity (Wildman–Crippen MR) is 112 cm³/mol. The minimum Gasteiger partial charge on any atom is -0.497 e. The fourth-order valence-electron chi connectivity index (χ4n) is 3.43. The molecule has 5 nitrogen and oxygen atoms in total. The summed E-state index contributed by atoms with van der Waals surface area (Å²) in [6.45, 7) is 0.492. The predicted octanol–water partition coefficient (Wildman–Crippen LogP) is 4.40. The maximum atomic E-state index is 14.5. The highest BCUT2D eigenvalue weighted by Crippen LogP contribution is 2.24. The summed E-state index contributed by atoms with van der Waals surface area (Å²) in [5.41, 5.74) is 2.62. The number of hydrogen-bond acceptors (Lipinski definition) is 4. The summed E-state index contributed by atoms with van der Waals surface area (Å²) in [7, 11) is 1.62. The third kappa shape index (κ3) is 3.67. The summed E-state index contributed by atoms with van der Waals surface area (Å²) in [5.74, 6) is 0.130. The van der Waals surface area contributed by atoms with E-state index >= 15 is 0 Å². The second kappa shape index (κ2) is 8.21. The fourth-order valence-corrected chi connectivity index (χ4v) is 3.43. The molecular weight excluding hydrogens is 385 g/mol. The highest BCUT2D eigenvalue weighted by Gasteiger charge is 2.14. The van der Waals surface area contributed by atoms with Gasteiger partial charge in [0.25, 0.3) is 6.47 Å². The van der Waals surface area contributed by atoms with Gasteiger partial charge in [-0.1, -0.05) is 42.5 Å². The molecule has 0 bridgehead atoms. The number of carbonyl (C=O) groups is 1. The summed E-state index contributed by atoms with van der Waals surface area (Å²) < 4.78 is 26.1. The van der Waals surface area contributed by atoms with Crippen molar-refractivity contribution in [3.63, 3.8) is 0 Å². The molecule has 0 unspecified atom stereocenters. The number of rotatable bonds is 6. The van der Waals surface area contributed by atoms with Gasteiger partial charge in [-0.2, -0.15) is 0 Å². The van der Waals surface area contributed by atoms with E-state index in [-0.39, 0.29) is 23.1 Å². The fraction of sp³-hybridized carbons (Fsp3) is 0.0833. The number of nitrogens with zero attached hydrogens (tertiary/aromatic N) is 1. The number of pyridine rings is 1. The van der Waals surface area contributed by atoms with Gasteiger partial charge in [-0.25, -0.2) is 4.39 Å². The van der Waals surface area contributed by atoms with Crippen LogP contribution in [0.4, 0.5) is 4.39 Å². The van der Waals surface area contributed by atoms with Crippen molar-refractivity contribution in [2.75, 3.05) is 7.11 Å². The number of benzene rings is 3. The number of fused-ring (bicyclic) bond motifs is 1. The largest absolute Gasteiger partial charge is 0.497 e. The third-order valence-electron chi connectivity index (χ3n) is 4.92. The van der Waals surface area contributed by atoms with Gasteiger partial charge in [0.05, 0.1) is 24.2 Å². The van der Waals surface area contributed by atoms with Crippen LogP contribution in [-0.2, 0) is 11.3 Å². The van der Waals surface area contributed by atoms with Crippen LogP contribution in [0.15, 0.2) is 77.7 Å². The van der Waals surface area contributed by atoms with Gasteiger partial charge >= 0.3 is 0 Å². The Bertz CT molecular complexity index is 1260. The molecule has 0 radical (unpaired) electrons. The molecule has 0 fully saturated rings. The molecule has 1 aromatic heterocycles. The number of ether oxygens (including phenoxy) is 2. The minimum atomic E-state index is -0.525. The van der Waals surface area contributed by atoms with E-state index in [9.17, 15) is 14.0 Å². The number of methoxy groups -OCH3 is 1. The first-order chi connectivity index (χ1) is 14.6. The topological polar surface area (TPSA) is 57.5 Å². The molecule has 0 aliphatic heterocycles. The molecule has 0 spiro atoms. The van der Waals surface area contributed by atoms with Crippen LogP contribution in [-0.4, -0.2) is 18.1 Å². The van der Waals surface area contributed by atoms with E-state index in [1.807, 2.05) is 48.5 Å². The Morgan fingerprint density at radius 1 is 0.967 bits per heavy atom. The number of halogens is 1. The van der Waals surface area contributed by atoms with Crippen LogP contribution in [0.3, 0.4) is 0 Å². The molecule has 6 heteroatoms. The van der Waals surface area contributed by atoms with Gasteiger partial charge in [-0.15, -0.1) is 0 Å². The lowest BCUT2D eigenvalue weighted by molar-refractivity contribution is -0.120. The monoisotopic (exact) mass is 403 g/mol. The summed E-state index contributed by atoms with van der Waals surface area (Å²) in [6, 6.07) is 19.8. The molecule has 0 amide bonds. The average molecular weight is 403 g/mol. The van der Waals surface area contributed by atoms with Gasteiger partial charge in [0.15, 0.2) is 5.75 Å². The van der Waals surface area contributed by atoms with E-state index in [4.69, 9.17) is 9.47 Å². The molecule has 150 valence electrons. The molecule has 0 aliphatic carbocycles. The second-order valence-corrected chi connectivity index (χ2v) is 6.73.